The molecule has 1 unspecified atom stereocenters. The van der Waals surface area contributed by atoms with E-state index >= 15 is 0 Å². The Morgan fingerprint density at radius 1 is 1.16 bits per heavy atom. The molecule has 1 aliphatic rings. The van der Waals surface area contributed by atoms with Crippen molar-refractivity contribution in [2.24, 2.45) is 4.99 Å². The summed E-state index contributed by atoms with van der Waals surface area (Å²) in [7, 11) is 1.69. The quantitative estimate of drug-likeness (QED) is 0.861. The van der Waals surface area contributed by atoms with Crippen molar-refractivity contribution in [1.29, 1.82) is 0 Å². The maximum absolute atomic E-state index is 12.9. The smallest absolute Gasteiger partial charge is 0.232 e. The van der Waals surface area contributed by atoms with Crippen LogP contribution in [-0.2, 0) is 9.53 Å². The van der Waals surface area contributed by atoms with Crippen molar-refractivity contribution < 1.29 is 9.53 Å². The molecule has 0 bridgehead atoms. The van der Waals surface area contributed by atoms with Crippen LogP contribution in [0.1, 0.15) is 42.7 Å². The second kappa shape index (κ2) is 8.08. The Hall–Kier alpha value is -2.46. The monoisotopic (exact) mass is 336 g/mol. The topological polar surface area (TPSA) is 50.7 Å². The van der Waals surface area contributed by atoms with Crippen LogP contribution in [0.5, 0.6) is 0 Å². The lowest BCUT2D eigenvalue weighted by Crippen LogP contribution is -2.37. The molecule has 0 radical (unpaired) electrons. The van der Waals surface area contributed by atoms with Gasteiger partial charge in [0.1, 0.15) is 5.84 Å². The van der Waals surface area contributed by atoms with Crippen molar-refractivity contribution in [2.75, 3.05) is 13.7 Å². The van der Waals surface area contributed by atoms with Crippen LogP contribution in [0.2, 0.25) is 0 Å². The first-order chi connectivity index (χ1) is 12.2. The van der Waals surface area contributed by atoms with E-state index in [1.807, 2.05) is 55.5 Å². The van der Waals surface area contributed by atoms with Gasteiger partial charge in [0.2, 0.25) is 5.91 Å². The SMILES string of the molecule is CC[C@H](C(=O)NC1=Nc2ccccc2C1CCOC)c1ccccc1. The van der Waals surface area contributed by atoms with Gasteiger partial charge in [0.05, 0.1) is 11.6 Å². The van der Waals surface area contributed by atoms with E-state index < -0.39 is 0 Å². The molecule has 1 heterocycles. The maximum Gasteiger partial charge on any atom is 0.232 e. The number of fused-ring (bicyclic) bond motifs is 1. The molecule has 2 atom stereocenters. The summed E-state index contributed by atoms with van der Waals surface area (Å²) in [4.78, 5) is 17.5. The highest BCUT2D eigenvalue weighted by Gasteiger charge is 2.29. The average Bonchev–Trinajstić information content (AvgIpc) is 2.98. The standard InChI is InChI=1S/C21H24N2O2/c1-3-16(15-9-5-4-6-10-15)21(24)23-20-18(13-14-25-2)17-11-7-8-12-19(17)22-20/h4-12,16,18H,3,13-14H2,1-2H3,(H,22,23,24)/t16-,18?/m0/s1. The first kappa shape index (κ1) is 17.4. The Bertz CT molecular complexity index is 756. The van der Waals surface area contributed by atoms with E-state index in [0.717, 1.165) is 35.5 Å². The normalized spacial score (nSPS) is 16.9. The Labute approximate surface area is 148 Å². The molecular formula is C21H24N2O2. The molecule has 0 saturated heterocycles. The molecule has 4 nitrogen and oxygen atoms in total. The van der Waals surface area contributed by atoms with Crippen LogP contribution in [0, 0.1) is 0 Å². The van der Waals surface area contributed by atoms with Gasteiger partial charge in [-0.1, -0.05) is 55.5 Å². The number of nitrogens with zero attached hydrogens (tertiary/aromatic N) is 1. The summed E-state index contributed by atoms with van der Waals surface area (Å²) >= 11 is 0. The molecule has 2 aromatic carbocycles. The summed E-state index contributed by atoms with van der Waals surface area (Å²) in [6, 6.07) is 18.0. The first-order valence-corrected chi connectivity index (χ1v) is 8.76. The Balaban J connectivity index is 1.80. The number of amides is 1. The molecule has 0 fully saturated rings. The molecule has 0 aliphatic carbocycles. The summed E-state index contributed by atoms with van der Waals surface area (Å²) in [5.74, 6) is 0.643. The zero-order chi connectivity index (χ0) is 17.6. The number of methoxy groups -OCH3 is 1. The van der Waals surface area contributed by atoms with Gasteiger partial charge in [-0.3, -0.25) is 4.79 Å². The van der Waals surface area contributed by atoms with Crippen LogP contribution < -0.4 is 5.32 Å². The third-order valence-corrected chi connectivity index (χ3v) is 4.67. The molecule has 1 N–H and O–H groups in total. The lowest BCUT2D eigenvalue weighted by molar-refractivity contribution is -0.121. The van der Waals surface area contributed by atoms with E-state index in [2.05, 4.69) is 16.4 Å². The van der Waals surface area contributed by atoms with Gasteiger partial charge in [-0.05, 0) is 30.0 Å². The molecule has 130 valence electrons. The number of hydrogen-bond acceptors (Lipinski definition) is 3. The molecule has 0 spiro atoms. The van der Waals surface area contributed by atoms with E-state index in [4.69, 9.17) is 4.74 Å². The van der Waals surface area contributed by atoms with Gasteiger partial charge in [0, 0.05) is 19.6 Å². The maximum atomic E-state index is 12.9. The zero-order valence-electron chi connectivity index (χ0n) is 14.7. The minimum Gasteiger partial charge on any atom is -0.385 e. The van der Waals surface area contributed by atoms with Crippen molar-refractivity contribution in [3.8, 4) is 0 Å². The Morgan fingerprint density at radius 2 is 1.88 bits per heavy atom. The van der Waals surface area contributed by atoms with E-state index in [-0.39, 0.29) is 17.7 Å². The first-order valence-electron chi connectivity index (χ1n) is 8.76. The predicted octanol–water partition coefficient (Wildman–Crippen LogP) is 4.16. The summed E-state index contributed by atoms with van der Waals surface area (Å²) < 4.78 is 5.24. The highest BCUT2D eigenvalue weighted by molar-refractivity contribution is 6.07. The number of carbonyl (C=O) groups is 1. The number of ether oxygens (including phenoxy) is 1. The molecule has 1 aliphatic heterocycles. The van der Waals surface area contributed by atoms with Crippen molar-refractivity contribution in [2.45, 2.75) is 31.6 Å². The second-order valence-corrected chi connectivity index (χ2v) is 6.25. The lowest BCUT2D eigenvalue weighted by Gasteiger charge is -2.19. The van der Waals surface area contributed by atoms with Gasteiger partial charge in [0.15, 0.2) is 0 Å². The van der Waals surface area contributed by atoms with Crippen molar-refractivity contribution in [1.82, 2.24) is 5.32 Å². The van der Waals surface area contributed by atoms with E-state index in [9.17, 15) is 4.79 Å². The zero-order valence-corrected chi connectivity index (χ0v) is 14.7. The molecule has 0 saturated carbocycles. The molecule has 2 aromatic rings. The van der Waals surface area contributed by atoms with Gasteiger partial charge in [-0.25, -0.2) is 4.99 Å². The Morgan fingerprint density at radius 3 is 2.60 bits per heavy atom. The minimum atomic E-state index is -0.171. The second-order valence-electron chi connectivity index (χ2n) is 6.25. The Kier molecular flexibility index (Phi) is 5.61. The lowest BCUT2D eigenvalue weighted by atomic mass is 9.93. The number of benzene rings is 2. The minimum absolute atomic E-state index is 0.00247. The van der Waals surface area contributed by atoms with Crippen LogP contribution in [-0.4, -0.2) is 25.5 Å². The fraction of sp³-hybridized carbons (Fsp3) is 0.333. The van der Waals surface area contributed by atoms with Gasteiger partial charge in [0.25, 0.3) is 0 Å². The number of amidine groups is 1. The highest BCUT2D eigenvalue weighted by atomic mass is 16.5. The van der Waals surface area contributed by atoms with Crippen LogP contribution in [0.25, 0.3) is 0 Å². The molecule has 25 heavy (non-hydrogen) atoms. The number of rotatable bonds is 6. The van der Waals surface area contributed by atoms with Gasteiger partial charge >= 0.3 is 0 Å². The van der Waals surface area contributed by atoms with E-state index in [1.54, 1.807) is 7.11 Å². The molecule has 1 amide bonds. The fourth-order valence-electron chi connectivity index (χ4n) is 3.35. The largest absolute Gasteiger partial charge is 0.385 e. The van der Waals surface area contributed by atoms with Crippen LogP contribution >= 0.6 is 0 Å². The number of hydrogen-bond donors (Lipinski definition) is 1. The third kappa shape index (κ3) is 3.80. The van der Waals surface area contributed by atoms with Crippen LogP contribution in [0.3, 0.4) is 0 Å². The molecule has 0 aromatic heterocycles. The number of carbonyl (C=O) groups excluding carboxylic acids is 1. The van der Waals surface area contributed by atoms with Gasteiger partial charge in [-0.2, -0.15) is 0 Å². The average molecular weight is 336 g/mol. The van der Waals surface area contributed by atoms with Crippen LogP contribution in [0.4, 0.5) is 5.69 Å². The fourth-order valence-corrected chi connectivity index (χ4v) is 3.35. The van der Waals surface area contributed by atoms with E-state index in [1.165, 1.54) is 0 Å². The van der Waals surface area contributed by atoms with Gasteiger partial charge in [-0.15, -0.1) is 0 Å². The van der Waals surface area contributed by atoms with E-state index in [0.29, 0.717) is 6.61 Å². The summed E-state index contributed by atoms with van der Waals surface area (Å²) in [6.45, 7) is 2.66. The van der Waals surface area contributed by atoms with Crippen molar-refractivity contribution >= 4 is 17.4 Å². The van der Waals surface area contributed by atoms with Crippen molar-refractivity contribution in [3.05, 3.63) is 65.7 Å². The molecular weight excluding hydrogens is 312 g/mol. The number of aliphatic imine (C=N–C) groups is 1. The van der Waals surface area contributed by atoms with Crippen molar-refractivity contribution in [3.63, 3.8) is 0 Å². The summed E-state index contributed by atoms with van der Waals surface area (Å²) in [6.07, 6.45) is 1.55. The molecule has 4 heteroatoms. The summed E-state index contributed by atoms with van der Waals surface area (Å²) in [5.41, 5.74) is 3.13. The third-order valence-electron chi connectivity index (χ3n) is 4.67. The highest BCUT2D eigenvalue weighted by Crippen LogP contribution is 2.36. The number of nitrogens with one attached hydrogen (secondary N) is 1. The van der Waals surface area contributed by atoms with Crippen LogP contribution in [0.15, 0.2) is 59.6 Å². The van der Waals surface area contributed by atoms with Gasteiger partial charge < -0.3 is 10.1 Å². The molecule has 3 rings (SSSR count). The summed E-state index contributed by atoms with van der Waals surface area (Å²) in [5, 5.41) is 3.09. The number of para-hydroxylation sites is 1. The predicted molar refractivity (Wildman–Crippen MR) is 100 cm³/mol.